The van der Waals surface area contributed by atoms with Crippen molar-refractivity contribution in [1.82, 2.24) is 5.32 Å². The summed E-state index contributed by atoms with van der Waals surface area (Å²) in [7, 11) is 0. The molecule has 3 rings (SSSR count). The normalized spacial score (nSPS) is 16.7. The van der Waals surface area contributed by atoms with Crippen molar-refractivity contribution in [1.29, 1.82) is 0 Å². The standard InChI is InChI=1S/C18H22BrNO/c1-2-12-20-18(16-10-11-17(19)21-16)15-9-4-3-8-14(15)13-6-5-7-13/h3-4,8-11,13,18,20H,2,5-7,12H2,1H3. The van der Waals surface area contributed by atoms with E-state index >= 15 is 0 Å². The quantitative estimate of drug-likeness (QED) is 0.756. The van der Waals surface area contributed by atoms with Gasteiger partial charge >= 0.3 is 0 Å². The molecule has 1 aliphatic rings. The van der Waals surface area contributed by atoms with Crippen molar-refractivity contribution < 1.29 is 4.42 Å². The maximum atomic E-state index is 5.84. The van der Waals surface area contributed by atoms with E-state index in [9.17, 15) is 0 Å². The van der Waals surface area contributed by atoms with Crippen LogP contribution in [-0.4, -0.2) is 6.54 Å². The third kappa shape index (κ3) is 3.24. The van der Waals surface area contributed by atoms with Crippen LogP contribution in [0.2, 0.25) is 0 Å². The largest absolute Gasteiger partial charge is 0.452 e. The Kier molecular flexibility index (Phi) is 4.81. The Morgan fingerprint density at radius 2 is 2.05 bits per heavy atom. The third-order valence-corrected chi connectivity index (χ3v) is 4.76. The monoisotopic (exact) mass is 347 g/mol. The summed E-state index contributed by atoms with van der Waals surface area (Å²) in [6.45, 7) is 3.18. The van der Waals surface area contributed by atoms with Gasteiger partial charge in [0, 0.05) is 0 Å². The molecule has 0 saturated heterocycles. The maximum Gasteiger partial charge on any atom is 0.169 e. The van der Waals surface area contributed by atoms with Gasteiger partial charge < -0.3 is 9.73 Å². The van der Waals surface area contributed by atoms with Crippen LogP contribution in [0.5, 0.6) is 0 Å². The molecule has 1 unspecified atom stereocenters. The van der Waals surface area contributed by atoms with Crippen LogP contribution in [0.1, 0.15) is 61.5 Å². The van der Waals surface area contributed by atoms with Crippen molar-refractivity contribution in [2.75, 3.05) is 6.54 Å². The van der Waals surface area contributed by atoms with Gasteiger partial charge in [-0.3, -0.25) is 0 Å². The van der Waals surface area contributed by atoms with E-state index in [2.05, 4.69) is 58.5 Å². The minimum absolute atomic E-state index is 0.146. The first kappa shape index (κ1) is 14.9. The summed E-state index contributed by atoms with van der Waals surface area (Å²) in [6, 6.07) is 13.0. The zero-order chi connectivity index (χ0) is 14.7. The zero-order valence-corrected chi connectivity index (χ0v) is 14.0. The van der Waals surface area contributed by atoms with E-state index in [4.69, 9.17) is 4.42 Å². The van der Waals surface area contributed by atoms with Crippen LogP contribution >= 0.6 is 15.9 Å². The van der Waals surface area contributed by atoms with Gasteiger partial charge in [0.2, 0.25) is 0 Å². The van der Waals surface area contributed by atoms with Crippen molar-refractivity contribution in [3.63, 3.8) is 0 Å². The number of nitrogens with one attached hydrogen (secondary N) is 1. The zero-order valence-electron chi connectivity index (χ0n) is 12.4. The molecule has 0 radical (unpaired) electrons. The molecule has 1 aliphatic carbocycles. The molecule has 3 heteroatoms. The lowest BCUT2D eigenvalue weighted by atomic mass is 9.77. The van der Waals surface area contributed by atoms with Crippen LogP contribution in [0.25, 0.3) is 0 Å². The van der Waals surface area contributed by atoms with Crippen LogP contribution in [0.15, 0.2) is 45.5 Å². The lowest BCUT2D eigenvalue weighted by molar-refractivity contribution is 0.402. The molecular weight excluding hydrogens is 326 g/mol. The second kappa shape index (κ2) is 6.80. The van der Waals surface area contributed by atoms with Gasteiger partial charge in [-0.2, -0.15) is 0 Å². The highest BCUT2D eigenvalue weighted by Crippen LogP contribution is 2.40. The highest BCUT2D eigenvalue weighted by atomic mass is 79.9. The summed E-state index contributed by atoms with van der Waals surface area (Å²) in [5, 5.41) is 3.64. The summed E-state index contributed by atoms with van der Waals surface area (Å²) in [5.41, 5.74) is 2.86. The second-order valence-corrected chi connectivity index (χ2v) is 6.57. The summed E-state index contributed by atoms with van der Waals surface area (Å²) < 4.78 is 6.63. The number of rotatable bonds is 6. The molecule has 0 bridgehead atoms. The number of halogens is 1. The molecule has 112 valence electrons. The van der Waals surface area contributed by atoms with Crippen molar-refractivity contribution in [2.45, 2.75) is 44.6 Å². The van der Waals surface area contributed by atoms with E-state index < -0.39 is 0 Å². The minimum Gasteiger partial charge on any atom is -0.452 e. The van der Waals surface area contributed by atoms with Gasteiger partial charge in [0.1, 0.15) is 5.76 Å². The molecular formula is C18H22BrNO. The van der Waals surface area contributed by atoms with E-state index in [1.165, 1.54) is 30.4 Å². The summed E-state index contributed by atoms with van der Waals surface area (Å²) >= 11 is 3.42. The lowest BCUT2D eigenvalue weighted by Gasteiger charge is -2.30. The van der Waals surface area contributed by atoms with Crippen LogP contribution < -0.4 is 5.32 Å². The smallest absolute Gasteiger partial charge is 0.169 e. The second-order valence-electron chi connectivity index (χ2n) is 5.79. The SMILES string of the molecule is CCCNC(c1ccc(Br)o1)c1ccccc1C1CCC1. The number of benzene rings is 1. The van der Waals surface area contributed by atoms with Crippen molar-refractivity contribution in [3.05, 3.63) is 58.0 Å². The molecule has 0 spiro atoms. The predicted molar refractivity (Wildman–Crippen MR) is 89.6 cm³/mol. The molecule has 0 aliphatic heterocycles. The van der Waals surface area contributed by atoms with Gasteiger partial charge in [0.15, 0.2) is 4.67 Å². The van der Waals surface area contributed by atoms with Crippen molar-refractivity contribution in [2.24, 2.45) is 0 Å². The van der Waals surface area contributed by atoms with Gasteiger partial charge in [-0.25, -0.2) is 0 Å². The fourth-order valence-electron chi connectivity index (χ4n) is 3.00. The van der Waals surface area contributed by atoms with E-state index in [1.54, 1.807) is 0 Å². The van der Waals surface area contributed by atoms with Gasteiger partial charge in [-0.05, 0) is 70.9 Å². The Morgan fingerprint density at radius 1 is 1.24 bits per heavy atom. The van der Waals surface area contributed by atoms with E-state index in [-0.39, 0.29) is 6.04 Å². The Bertz CT molecular complexity index is 588. The Hall–Kier alpha value is -1.06. The molecule has 1 fully saturated rings. The average molecular weight is 348 g/mol. The molecule has 2 aromatic rings. The van der Waals surface area contributed by atoms with Gasteiger partial charge in [-0.15, -0.1) is 0 Å². The first-order valence-electron chi connectivity index (χ1n) is 7.87. The molecule has 1 N–H and O–H groups in total. The molecule has 1 atom stereocenters. The highest BCUT2D eigenvalue weighted by Gasteiger charge is 2.26. The average Bonchev–Trinajstić information content (AvgIpc) is 2.85. The number of furan rings is 1. The van der Waals surface area contributed by atoms with Gasteiger partial charge in [0.25, 0.3) is 0 Å². The molecule has 0 amide bonds. The van der Waals surface area contributed by atoms with E-state index in [1.807, 2.05) is 6.07 Å². The van der Waals surface area contributed by atoms with E-state index in [0.717, 1.165) is 29.3 Å². The Balaban J connectivity index is 1.95. The van der Waals surface area contributed by atoms with Crippen molar-refractivity contribution >= 4 is 15.9 Å². The summed E-state index contributed by atoms with van der Waals surface area (Å²) in [4.78, 5) is 0. The molecule has 1 heterocycles. The van der Waals surface area contributed by atoms with Gasteiger partial charge in [0.05, 0.1) is 6.04 Å². The topological polar surface area (TPSA) is 25.2 Å². The lowest BCUT2D eigenvalue weighted by Crippen LogP contribution is -2.25. The molecule has 2 nitrogen and oxygen atoms in total. The first-order valence-corrected chi connectivity index (χ1v) is 8.66. The molecule has 1 aromatic heterocycles. The molecule has 21 heavy (non-hydrogen) atoms. The maximum absolute atomic E-state index is 5.84. The molecule has 1 aromatic carbocycles. The van der Waals surface area contributed by atoms with Crippen LogP contribution in [0, 0.1) is 0 Å². The third-order valence-electron chi connectivity index (χ3n) is 4.33. The van der Waals surface area contributed by atoms with Crippen LogP contribution in [0.3, 0.4) is 0 Å². The number of hydrogen-bond donors (Lipinski definition) is 1. The van der Waals surface area contributed by atoms with Crippen LogP contribution in [-0.2, 0) is 0 Å². The molecule has 1 saturated carbocycles. The Labute approximate surface area is 135 Å². The van der Waals surface area contributed by atoms with Crippen molar-refractivity contribution in [3.8, 4) is 0 Å². The minimum atomic E-state index is 0.146. The summed E-state index contributed by atoms with van der Waals surface area (Å²) in [5.74, 6) is 1.72. The van der Waals surface area contributed by atoms with Crippen LogP contribution in [0.4, 0.5) is 0 Å². The fourth-order valence-corrected chi connectivity index (χ4v) is 3.32. The Morgan fingerprint density at radius 3 is 2.67 bits per heavy atom. The fraction of sp³-hybridized carbons (Fsp3) is 0.444. The first-order chi connectivity index (χ1) is 10.3. The van der Waals surface area contributed by atoms with E-state index in [0.29, 0.717) is 0 Å². The number of hydrogen-bond acceptors (Lipinski definition) is 2. The highest BCUT2D eigenvalue weighted by molar-refractivity contribution is 9.10. The predicted octanol–water partition coefficient (Wildman–Crippen LogP) is 5.40. The summed E-state index contributed by atoms with van der Waals surface area (Å²) in [6.07, 6.45) is 5.11. The van der Waals surface area contributed by atoms with Gasteiger partial charge in [-0.1, -0.05) is 37.6 Å².